The highest BCUT2D eigenvalue weighted by Gasteiger charge is 2.25. The molecule has 1 saturated carbocycles. The molecule has 8 nitrogen and oxygen atoms in total. The van der Waals surface area contributed by atoms with Crippen molar-refractivity contribution in [2.24, 2.45) is 0 Å². The second kappa shape index (κ2) is 9.11. The molecule has 1 aliphatic heterocycles. The van der Waals surface area contributed by atoms with Gasteiger partial charge in [0.1, 0.15) is 5.69 Å². The van der Waals surface area contributed by atoms with Gasteiger partial charge in [0.05, 0.1) is 22.7 Å². The summed E-state index contributed by atoms with van der Waals surface area (Å²) in [7, 11) is -3.18. The first kappa shape index (κ1) is 22.4. The van der Waals surface area contributed by atoms with Crippen molar-refractivity contribution in [3.8, 4) is 11.3 Å². The topological polar surface area (TPSA) is 100 Å². The molecular weight excluding hydrogens is 463 g/mol. The van der Waals surface area contributed by atoms with Gasteiger partial charge >= 0.3 is 0 Å². The SMILES string of the molecule is CS(=O)(=O)N1CCC(Nc2ncc(F)c(-c3ccc4nc(NC5CCCC5)sc4c3)n2)CC1. The number of halogens is 1. The lowest BCUT2D eigenvalue weighted by Gasteiger charge is -2.30. The molecule has 0 unspecified atom stereocenters. The van der Waals surface area contributed by atoms with Crippen molar-refractivity contribution in [1.29, 1.82) is 0 Å². The summed E-state index contributed by atoms with van der Waals surface area (Å²) < 4.78 is 40.5. The number of rotatable bonds is 6. The molecule has 2 aromatic heterocycles. The third kappa shape index (κ3) is 5.10. The third-order valence-corrected chi connectivity index (χ3v) is 8.60. The average molecular weight is 491 g/mol. The molecule has 1 aromatic carbocycles. The van der Waals surface area contributed by atoms with Crippen LogP contribution in [0.1, 0.15) is 38.5 Å². The molecule has 0 bridgehead atoms. The van der Waals surface area contributed by atoms with Gasteiger partial charge in [-0.05, 0) is 37.8 Å². The molecular formula is C22H27FN6O2S2. The summed E-state index contributed by atoms with van der Waals surface area (Å²) in [5.41, 5.74) is 1.80. The second-order valence-electron chi connectivity index (χ2n) is 8.80. The molecule has 1 aliphatic carbocycles. The van der Waals surface area contributed by atoms with E-state index in [1.165, 1.54) is 42.4 Å². The number of nitrogens with zero attached hydrogens (tertiary/aromatic N) is 4. The Morgan fingerprint density at radius 1 is 1.06 bits per heavy atom. The van der Waals surface area contributed by atoms with Crippen LogP contribution in [0.5, 0.6) is 0 Å². The number of sulfonamides is 1. The number of piperidine rings is 1. The molecule has 0 radical (unpaired) electrons. The third-order valence-electron chi connectivity index (χ3n) is 6.34. The van der Waals surface area contributed by atoms with E-state index in [1.54, 1.807) is 11.3 Å². The fourth-order valence-corrected chi connectivity index (χ4v) is 6.39. The molecule has 2 aliphatic rings. The summed E-state index contributed by atoms with van der Waals surface area (Å²) >= 11 is 1.58. The van der Waals surface area contributed by atoms with E-state index < -0.39 is 15.8 Å². The number of benzene rings is 1. The molecule has 3 heterocycles. The molecule has 176 valence electrons. The molecule has 0 amide bonds. The largest absolute Gasteiger partial charge is 0.359 e. The number of thiazole rings is 1. The molecule has 33 heavy (non-hydrogen) atoms. The quantitative estimate of drug-likeness (QED) is 0.537. The summed E-state index contributed by atoms with van der Waals surface area (Å²) in [5, 5.41) is 7.67. The Labute approximate surface area is 196 Å². The van der Waals surface area contributed by atoms with Crippen molar-refractivity contribution < 1.29 is 12.8 Å². The van der Waals surface area contributed by atoms with E-state index in [9.17, 15) is 12.8 Å². The van der Waals surface area contributed by atoms with E-state index in [1.807, 2.05) is 18.2 Å². The summed E-state index contributed by atoms with van der Waals surface area (Å²) in [6.45, 7) is 0.896. The van der Waals surface area contributed by atoms with Crippen LogP contribution in [0.25, 0.3) is 21.5 Å². The maximum Gasteiger partial charge on any atom is 0.223 e. The van der Waals surface area contributed by atoms with E-state index in [-0.39, 0.29) is 11.7 Å². The Morgan fingerprint density at radius 2 is 1.79 bits per heavy atom. The molecule has 2 fully saturated rings. The number of nitrogens with one attached hydrogen (secondary N) is 2. The van der Waals surface area contributed by atoms with E-state index in [0.29, 0.717) is 43.5 Å². The summed E-state index contributed by atoms with van der Waals surface area (Å²) in [5.74, 6) is -0.141. The van der Waals surface area contributed by atoms with Gasteiger partial charge in [-0.15, -0.1) is 0 Å². The number of anilines is 2. The minimum atomic E-state index is -3.18. The maximum absolute atomic E-state index is 14.6. The van der Waals surface area contributed by atoms with Crippen LogP contribution in [0, 0.1) is 5.82 Å². The molecule has 2 N–H and O–H groups in total. The summed E-state index contributed by atoms with van der Waals surface area (Å²) in [6, 6.07) is 6.18. The van der Waals surface area contributed by atoms with Gasteiger partial charge < -0.3 is 10.6 Å². The van der Waals surface area contributed by atoms with Gasteiger partial charge in [-0.3, -0.25) is 0 Å². The first-order chi connectivity index (χ1) is 15.8. The molecule has 5 rings (SSSR count). The molecule has 0 spiro atoms. The smallest absolute Gasteiger partial charge is 0.223 e. The number of fused-ring (bicyclic) bond motifs is 1. The van der Waals surface area contributed by atoms with Crippen molar-refractivity contribution in [3.05, 3.63) is 30.2 Å². The van der Waals surface area contributed by atoms with Crippen molar-refractivity contribution >= 4 is 42.7 Å². The predicted molar refractivity (Wildman–Crippen MR) is 130 cm³/mol. The number of hydrogen-bond acceptors (Lipinski definition) is 8. The Hall–Kier alpha value is -2.37. The predicted octanol–water partition coefficient (Wildman–Crippen LogP) is 4.08. The minimum absolute atomic E-state index is 0.0366. The van der Waals surface area contributed by atoms with Crippen molar-refractivity contribution in [1.82, 2.24) is 19.3 Å². The van der Waals surface area contributed by atoms with Crippen LogP contribution in [0.3, 0.4) is 0 Å². The Kier molecular flexibility index (Phi) is 6.19. The highest BCUT2D eigenvalue weighted by atomic mass is 32.2. The van der Waals surface area contributed by atoms with Crippen molar-refractivity contribution in [3.63, 3.8) is 0 Å². The zero-order valence-electron chi connectivity index (χ0n) is 18.4. The zero-order valence-corrected chi connectivity index (χ0v) is 20.1. The van der Waals surface area contributed by atoms with Crippen LogP contribution in [0.15, 0.2) is 24.4 Å². The zero-order chi connectivity index (χ0) is 23.0. The van der Waals surface area contributed by atoms with Crippen LogP contribution in [-0.4, -0.2) is 59.1 Å². The fraction of sp³-hybridized carbons (Fsp3) is 0.500. The number of aromatic nitrogens is 3. The van der Waals surface area contributed by atoms with Crippen molar-refractivity contribution in [2.45, 2.75) is 50.6 Å². The Bertz CT molecular complexity index is 1250. The van der Waals surface area contributed by atoms with E-state index in [4.69, 9.17) is 0 Å². The molecule has 11 heteroatoms. The lowest BCUT2D eigenvalue weighted by molar-refractivity contribution is 0.331. The van der Waals surface area contributed by atoms with Crippen LogP contribution in [0.4, 0.5) is 15.5 Å². The van der Waals surface area contributed by atoms with Crippen LogP contribution >= 0.6 is 11.3 Å². The first-order valence-corrected chi connectivity index (χ1v) is 13.9. The summed E-state index contributed by atoms with van der Waals surface area (Å²) in [4.78, 5) is 13.2. The second-order valence-corrected chi connectivity index (χ2v) is 11.8. The molecule has 0 atom stereocenters. The lowest BCUT2D eigenvalue weighted by Crippen LogP contribution is -2.42. The van der Waals surface area contributed by atoms with E-state index in [2.05, 4.69) is 25.6 Å². The molecule has 1 saturated heterocycles. The monoisotopic (exact) mass is 490 g/mol. The van der Waals surface area contributed by atoms with Crippen LogP contribution < -0.4 is 10.6 Å². The Balaban J connectivity index is 1.32. The number of hydrogen-bond donors (Lipinski definition) is 2. The van der Waals surface area contributed by atoms with Gasteiger partial charge in [-0.2, -0.15) is 0 Å². The van der Waals surface area contributed by atoms with Crippen LogP contribution in [0.2, 0.25) is 0 Å². The maximum atomic E-state index is 14.6. The van der Waals surface area contributed by atoms with Gasteiger partial charge in [-0.1, -0.05) is 30.2 Å². The van der Waals surface area contributed by atoms with E-state index in [0.717, 1.165) is 15.3 Å². The van der Waals surface area contributed by atoms with Gasteiger partial charge in [0.15, 0.2) is 10.9 Å². The Morgan fingerprint density at radius 3 is 2.52 bits per heavy atom. The van der Waals surface area contributed by atoms with Gasteiger partial charge in [0, 0.05) is 30.7 Å². The minimum Gasteiger partial charge on any atom is -0.359 e. The first-order valence-electron chi connectivity index (χ1n) is 11.3. The fourth-order valence-electron chi connectivity index (χ4n) is 4.53. The van der Waals surface area contributed by atoms with Gasteiger partial charge in [0.25, 0.3) is 0 Å². The standard InChI is InChI=1S/C22H27FN6O2S2/c1-33(30,31)29-10-8-16(9-11-29)25-21-24-13-17(23)20(28-21)14-6-7-18-19(12-14)32-22(27-18)26-15-4-2-3-5-15/h6-7,12-13,15-16H,2-5,8-11H2,1H3,(H,26,27)(H,24,25,28). The average Bonchev–Trinajstić information content (AvgIpc) is 3.44. The lowest BCUT2D eigenvalue weighted by atomic mass is 10.1. The van der Waals surface area contributed by atoms with Gasteiger partial charge in [-0.25, -0.2) is 32.1 Å². The normalized spacial score (nSPS) is 18.7. The van der Waals surface area contributed by atoms with E-state index >= 15 is 0 Å². The van der Waals surface area contributed by atoms with Crippen molar-refractivity contribution in [2.75, 3.05) is 30.0 Å². The van der Waals surface area contributed by atoms with Crippen LogP contribution in [-0.2, 0) is 10.0 Å². The highest BCUT2D eigenvalue weighted by molar-refractivity contribution is 7.88. The highest BCUT2D eigenvalue weighted by Crippen LogP contribution is 2.33. The molecule has 3 aromatic rings. The van der Waals surface area contributed by atoms with Gasteiger partial charge in [0.2, 0.25) is 16.0 Å². The summed E-state index contributed by atoms with van der Waals surface area (Å²) in [6.07, 6.45) is 8.57.